The van der Waals surface area contributed by atoms with Crippen LogP contribution in [0.4, 0.5) is 9.93 Å². The molecule has 4 aromatic heterocycles. The van der Waals surface area contributed by atoms with Crippen molar-refractivity contribution >= 4 is 28.1 Å². The third-order valence-corrected chi connectivity index (χ3v) is 4.41. The van der Waals surface area contributed by atoms with E-state index in [1.807, 2.05) is 47.0 Å². The Balaban J connectivity index is 1.31. The lowest BCUT2D eigenvalue weighted by molar-refractivity contribution is 0.252. The number of nitrogens with one attached hydrogen (secondary N) is 2. The van der Waals surface area contributed by atoms with Crippen LogP contribution in [0.5, 0.6) is 0 Å². The molecule has 0 aromatic carbocycles. The van der Waals surface area contributed by atoms with Gasteiger partial charge in [-0.3, -0.25) is 14.7 Å². The third kappa shape index (κ3) is 3.49. The lowest BCUT2D eigenvalue weighted by atomic mass is 10.4. The quantitative estimate of drug-likeness (QED) is 0.559. The van der Waals surface area contributed by atoms with Gasteiger partial charge in [-0.25, -0.2) is 4.79 Å². The first kappa shape index (κ1) is 16.1. The average molecular weight is 366 g/mol. The Labute approximate surface area is 152 Å². The Morgan fingerprint density at radius 1 is 1.08 bits per heavy atom. The second-order valence-corrected chi connectivity index (χ2v) is 6.28. The summed E-state index contributed by atoms with van der Waals surface area (Å²) < 4.78 is 1.89. The van der Waals surface area contributed by atoms with E-state index in [0.29, 0.717) is 23.1 Å². The molecule has 2 amide bonds. The van der Waals surface area contributed by atoms with Gasteiger partial charge in [0.1, 0.15) is 11.5 Å². The molecule has 0 radical (unpaired) electrons. The largest absolute Gasteiger partial charge is 0.337 e. The molecule has 130 valence electrons. The minimum Gasteiger partial charge on any atom is -0.337 e. The fraction of sp³-hybridized carbons (Fsp3) is 0.125. The molecule has 4 aromatic rings. The van der Waals surface area contributed by atoms with Crippen LogP contribution in [0, 0.1) is 0 Å². The summed E-state index contributed by atoms with van der Waals surface area (Å²) in [5, 5.41) is 22.7. The number of nitrogens with zero attached hydrogens (tertiary/aromatic N) is 6. The molecule has 0 saturated carbocycles. The molecule has 26 heavy (non-hydrogen) atoms. The second kappa shape index (κ2) is 7.23. The number of anilines is 1. The fourth-order valence-electron chi connectivity index (χ4n) is 2.36. The van der Waals surface area contributed by atoms with Crippen molar-refractivity contribution in [2.24, 2.45) is 0 Å². The van der Waals surface area contributed by atoms with Crippen molar-refractivity contribution in [2.75, 3.05) is 11.9 Å². The van der Waals surface area contributed by atoms with Gasteiger partial charge in [0.2, 0.25) is 5.13 Å². The maximum atomic E-state index is 12.0. The van der Waals surface area contributed by atoms with Gasteiger partial charge in [0, 0.05) is 25.4 Å². The standard InChI is InChI=1S/C16H14N8OS/c25-15(18-9-7-13-21-20-12-6-2-4-10-24(12)13)19-16-23-22-14(26-16)11-5-1-3-8-17-11/h1-6,8,10H,7,9H2,(H2,18,19,23,25). The summed E-state index contributed by atoms with van der Waals surface area (Å²) in [7, 11) is 0. The third-order valence-electron chi connectivity index (χ3n) is 3.55. The van der Waals surface area contributed by atoms with Gasteiger partial charge >= 0.3 is 6.03 Å². The van der Waals surface area contributed by atoms with Crippen LogP contribution in [0.3, 0.4) is 0 Å². The molecule has 4 rings (SSSR count). The van der Waals surface area contributed by atoms with Crippen LogP contribution in [0.25, 0.3) is 16.3 Å². The summed E-state index contributed by atoms with van der Waals surface area (Å²) in [6, 6.07) is 10.9. The van der Waals surface area contributed by atoms with Crippen LogP contribution < -0.4 is 10.6 Å². The molecule has 0 aliphatic rings. The van der Waals surface area contributed by atoms with Crippen molar-refractivity contribution in [3.63, 3.8) is 0 Å². The molecule has 0 aliphatic heterocycles. The van der Waals surface area contributed by atoms with Gasteiger partial charge in [0.25, 0.3) is 0 Å². The van der Waals surface area contributed by atoms with Gasteiger partial charge < -0.3 is 5.32 Å². The molecule has 0 atom stereocenters. The van der Waals surface area contributed by atoms with E-state index in [1.165, 1.54) is 11.3 Å². The number of pyridine rings is 2. The molecule has 0 saturated heterocycles. The smallest absolute Gasteiger partial charge is 0.321 e. The molecule has 0 bridgehead atoms. The Bertz CT molecular complexity index is 1030. The van der Waals surface area contributed by atoms with Crippen LogP contribution in [-0.2, 0) is 6.42 Å². The van der Waals surface area contributed by atoms with Gasteiger partial charge in [-0.15, -0.1) is 20.4 Å². The highest BCUT2D eigenvalue weighted by Crippen LogP contribution is 2.24. The Morgan fingerprint density at radius 2 is 2.00 bits per heavy atom. The zero-order valence-electron chi connectivity index (χ0n) is 13.5. The van der Waals surface area contributed by atoms with Crippen LogP contribution >= 0.6 is 11.3 Å². The van der Waals surface area contributed by atoms with E-state index in [9.17, 15) is 4.79 Å². The molecular formula is C16H14N8OS. The van der Waals surface area contributed by atoms with E-state index < -0.39 is 0 Å². The van der Waals surface area contributed by atoms with Crippen LogP contribution in [0.15, 0.2) is 48.8 Å². The van der Waals surface area contributed by atoms with E-state index >= 15 is 0 Å². The Kier molecular flexibility index (Phi) is 4.48. The Morgan fingerprint density at radius 3 is 2.88 bits per heavy atom. The SMILES string of the molecule is O=C(NCCc1nnc2ccccn12)Nc1nnc(-c2ccccn2)s1. The molecule has 10 heteroatoms. The number of hydrogen-bond donors (Lipinski definition) is 2. The second-order valence-electron chi connectivity index (χ2n) is 5.30. The van der Waals surface area contributed by atoms with Crippen molar-refractivity contribution in [2.45, 2.75) is 6.42 Å². The number of urea groups is 1. The molecule has 0 aliphatic carbocycles. The van der Waals surface area contributed by atoms with Gasteiger partial charge in [0.05, 0.1) is 0 Å². The summed E-state index contributed by atoms with van der Waals surface area (Å²) in [5.41, 5.74) is 1.50. The molecule has 0 fully saturated rings. The van der Waals surface area contributed by atoms with Crippen molar-refractivity contribution in [1.29, 1.82) is 0 Å². The molecular weight excluding hydrogens is 352 g/mol. The van der Waals surface area contributed by atoms with Crippen LogP contribution in [-0.4, -0.2) is 42.4 Å². The molecule has 0 unspecified atom stereocenters. The first-order valence-electron chi connectivity index (χ1n) is 7.88. The van der Waals surface area contributed by atoms with E-state index in [-0.39, 0.29) is 6.03 Å². The summed E-state index contributed by atoms with van der Waals surface area (Å²) in [6.07, 6.45) is 4.14. The van der Waals surface area contributed by atoms with Crippen molar-refractivity contribution < 1.29 is 4.79 Å². The average Bonchev–Trinajstić information content (AvgIpc) is 3.30. The number of fused-ring (bicyclic) bond motifs is 1. The van der Waals surface area contributed by atoms with Gasteiger partial charge in [-0.1, -0.05) is 23.5 Å². The van der Waals surface area contributed by atoms with Gasteiger partial charge in [0.15, 0.2) is 10.7 Å². The molecule has 9 nitrogen and oxygen atoms in total. The first-order valence-corrected chi connectivity index (χ1v) is 8.69. The van der Waals surface area contributed by atoms with Crippen molar-refractivity contribution in [3.05, 3.63) is 54.6 Å². The number of carbonyl (C=O) groups is 1. The lowest BCUT2D eigenvalue weighted by Gasteiger charge is -2.04. The van der Waals surface area contributed by atoms with E-state index in [4.69, 9.17) is 0 Å². The summed E-state index contributed by atoms with van der Waals surface area (Å²) in [4.78, 5) is 16.2. The zero-order valence-corrected chi connectivity index (χ0v) is 14.3. The highest BCUT2D eigenvalue weighted by molar-refractivity contribution is 7.18. The predicted molar refractivity (Wildman–Crippen MR) is 96.9 cm³/mol. The number of rotatable bonds is 5. The molecule has 4 heterocycles. The summed E-state index contributed by atoms with van der Waals surface area (Å²) >= 11 is 1.26. The van der Waals surface area contributed by atoms with Gasteiger partial charge in [-0.05, 0) is 24.3 Å². The number of hydrogen-bond acceptors (Lipinski definition) is 7. The first-order chi connectivity index (χ1) is 12.8. The monoisotopic (exact) mass is 366 g/mol. The van der Waals surface area contributed by atoms with Crippen molar-refractivity contribution in [1.82, 2.24) is 35.1 Å². The lowest BCUT2D eigenvalue weighted by Crippen LogP contribution is -2.30. The van der Waals surface area contributed by atoms with E-state index in [1.54, 1.807) is 6.20 Å². The molecule has 2 N–H and O–H groups in total. The van der Waals surface area contributed by atoms with Gasteiger partial charge in [-0.2, -0.15) is 0 Å². The zero-order chi connectivity index (χ0) is 17.8. The van der Waals surface area contributed by atoms with E-state index in [2.05, 4.69) is 36.0 Å². The maximum absolute atomic E-state index is 12.0. The summed E-state index contributed by atoms with van der Waals surface area (Å²) in [6.45, 7) is 0.424. The van der Waals surface area contributed by atoms with Crippen molar-refractivity contribution in [3.8, 4) is 10.7 Å². The minimum atomic E-state index is -0.345. The van der Waals surface area contributed by atoms with Crippen LogP contribution in [0.2, 0.25) is 0 Å². The Hall–Kier alpha value is -3.40. The normalized spacial score (nSPS) is 10.8. The topological polar surface area (TPSA) is 110 Å². The highest BCUT2D eigenvalue weighted by Gasteiger charge is 2.10. The predicted octanol–water partition coefficient (Wildman–Crippen LogP) is 2.01. The highest BCUT2D eigenvalue weighted by atomic mass is 32.1. The van der Waals surface area contributed by atoms with E-state index in [0.717, 1.165) is 17.2 Å². The minimum absolute atomic E-state index is 0.345. The fourth-order valence-corrected chi connectivity index (χ4v) is 3.07. The van der Waals surface area contributed by atoms with Crippen LogP contribution in [0.1, 0.15) is 5.82 Å². The number of amides is 2. The maximum Gasteiger partial charge on any atom is 0.321 e. The number of aromatic nitrogens is 6. The number of carbonyl (C=O) groups excluding carboxylic acids is 1. The molecule has 0 spiro atoms. The summed E-state index contributed by atoms with van der Waals surface area (Å²) in [5.74, 6) is 0.786.